The van der Waals surface area contributed by atoms with Crippen LogP contribution in [-0.2, 0) is 4.79 Å². The van der Waals surface area contributed by atoms with Crippen molar-refractivity contribution in [3.05, 3.63) is 58.3 Å². The molecule has 3 aromatic rings. The van der Waals surface area contributed by atoms with Gasteiger partial charge in [0.15, 0.2) is 0 Å². The van der Waals surface area contributed by atoms with Crippen molar-refractivity contribution in [1.29, 1.82) is 0 Å². The highest BCUT2D eigenvalue weighted by Crippen LogP contribution is 2.23. The lowest BCUT2D eigenvalue weighted by atomic mass is 10.1. The standard InChI is InChI=1S/C19H15BrFN3O4/c20-12-4-9-28-17(12)19(27)24-7-5-23(6-8-24)18(26)16(25)11-10-22-14-3-1-2-13(21)15(11)14/h1-4,9-10,22H,5-8H2. The molecule has 2 aromatic heterocycles. The van der Waals surface area contributed by atoms with E-state index >= 15 is 0 Å². The van der Waals surface area contributed by atoms with Crippen molar-refractivity contribution in [2.75, 3.05) is 26.2 Å². The fourth-order valence-corrected chi connectivity index (χ4v) is 3.65. The Morgan fingerprint density at radius 2 is 1.79 bits per heavy atom. The lowest BCUT2D eigenvalue weighted by molar-refractivity contribution is -0.127. The average molecular weight is 448 g/mol. The first-order valence-electron chi connectivity index (χ1n) is 8.59. The Hall–Kier alpha value is -2.94. The Balaban J connectivity index is 1.46. The van der Waals surface area contributed by atoms with E-state index in [9.17, 15) is 18.8 Å². The first-order valence-corrected chi connectivity index (χ1v) is 9.38. The molecule has 0 bridgehead atoms. The van der Waals surface area contributed by atoms with E-state index < -0.39 is 17.5 Å². The second-order valence-electron chi connectivity index (χ2n) is 6.38. The number of hydrogen-bond donors (Lipinski definition) is 1. The van der Waals surface area contributed by atoms with Gasteiger partial charge in [-0.25, -0.2) is 4.39 Å². The fourth-order valence-electron chi connectivity index (χ4n) is 3.28. The van der Waals surface area contributed by atoms with E-state index in [1.807, 2.05) is 0 Å². The number of fused-ring (bicyclic) bond motifs is 1. The number of carbonyl (C=O) groups excluding carboxylic acids is 3. The molecule has 1 aromatic carbocycles. The monoisotopic (exact) mass is 447 g/mol. The zero-order valence-electron chi connectivity index (χ0n) is 14.6. The minimum Gasteiger partial charge on any atom is -0.458 e. The van der Waals surface area contributed by atoms with Crippen molar-refractivity contribution >= 4 is 44.4 Å². The minimum absolute atomic E-state index is 0.0103. The predicted octanol–water partition coefficient (Wildman–Crippen LogP) is 2.83. The van der Waals surface area contributed by atoms with Crippen LogP contribution in [0, 0.1) is 5.82 Å². The molecule has 9 heteroatoms. The summed E-state index contributed by atoms with van der Waals surface area (Å²) >= 11 is 3.25. The van der Waals surface area contributed by atoms with Gasteiger partial charge in [-0.15, -0.1) is 0 Å². The predicted molar refractivity (Wildman–Crippen MR) is 101 cm³/mol. The molecule has 1 N–H and O–H groups in total. The quantitative estimate of drug-likeness (QED) is 0.493. The summed E-state index contributed by atoms with van der Waals surface area (Å²) in [6.07, 6.45) is 2.76. The van der Waals surface area contributed by atoms with Crippen molar-refractivity contribution in [3.8, 4) is 0 Å². The van der Waals surface area contributed by atoms with E-state index in [4.69, 9.17) is 4.42 Å². The topological polar surface area (TPSA) is 86.6 Å². The fraction of sp³-hybridized carbons (Fsp3) is 0.211. The summed E-state index contributed by atoms with van der Waals surface area (Å²) in [7, 11) is 0. The van der Waals surface area contributed by atoms with Crippen LogP contribution < -0.4 is 0 Å². The molecule has 28 heavy (non-hydrogen) atoms. The van der Waals surface area contributed by atoms with E-state index in [1.54, 1.807) is 17.0 Å². The van der Waals surface area contributed by atoms with Gasteiger partial charge in [0.1, 0.15) is 5.82 Å². The number of amides is 2. The van der Waals surface area contributed by atoms with E-state index in [2.05, 4.69) is 20.9 Å². The number of ketones is 1. The van der Waals surface area contributed by atoms with Gasteiger partial charge in [0.2, 0.25) is 5.76 Å². The number of furan rings is 1. The number of rotatable bonds is 3. The van der Waals surface area contributed by atoms with Crippen molar-refractivity contribution in [2.24, 2.45) is 0 Å². The molecule has 1 aliphatic rings. The third-order valence-electron chi connectivity index (χ3n) is 4.76. The normalized spacial score (nSPS) is 14.5. The molecule has 4 rings (SSSR count). The van der Waals surface area contributed by atoms with Gasteiger partial charge in [0.05, 0.1) is 16.3 Å². The third-order valence-corrected chi connectivity index (χ3v) is 5.38. The van der Waals surface area contributed by atoms with Crippen LogP contribution in [0.4, 0.5) is 4.39 Å². The van der Waals surface area contributed by atoms with E-state index in [1.165, 1.54) is 29.5 Å². The van der Waals surface area contributed by atoms with Gasteiger partial charge < -0.3 is 19.2 Å². The van der Waals surface area contributed by atoms with Gasteiger partial charge in [-0.3, -0.25) is 14.4 Å². The Kier molecular flexibility index (Phi) is 4.76. The summed E-state index contributed by atoms with van der Waals surface area (Å²) < 4.78 is 19.8. The van der Waals surface area contributed by atoms with Crippen LogP contribution in [0.2, 0.25) is 0 Å². The number of nitrogens with zero attached hydrogens (tertiary/aromatic N) is 2. The number of benzene rings is 1. The van der Waals surface area contributed by atoms with Crippen molar-refractivity contribution in [2.45, 2.75) is 0 Å². The van der Waals surface area contributed by atoms with Crippen LogP contribution >= 0.6 is 15.9 Å². The number of H-pyrrole nitrogens is 1. The number of aromatic amines is 1. The van der Waals surface area contributed by atoms with Crippen LogP contribution in [0.5, 0.6) is 0 Å². The first-order chi connectivity index (χ1) is 13.5. The second kappa shape index (κ2) is 7.23. The highest BCUT2D eigenvalue weighted by molar-refractivity contribution is 9.10. The lowest BCUT2D eigenvalue weighted by Crippen LogP contribution is -2.52. The van der Waals surface area contributed by atoms with Crippen LogP contribution in [0.15, 0.2) is 45.6 Å². The molecule has 1 fully saturated rings. The molecular formula is C19H15BrFN3O4. The highest BCUT2D eigenvalue weighted by Gasteiger charge is 2.31. The van der Waals surface area contributed by atoms with Gasteiger partial charge in [-0.05, 0) is 34.1 Å². The van der Waals surface area contributed by atoms with E-state index in [0.717, 1.165) is 0 Å². The summed E-state index contributed by atoms with van der Waals surface area (Å²) in [5.41, 5.74) is 0.465. The van der Waals surface area contributed by atoms with Crippen molar-refractivity contribution in [3.63, 3.8) is 0 Å². The smallest absolute Gasteiger partial charge is 0.295 e. The molecule has 0 aliphatic carbocycles. The maximum absolute atomic E-state index is 14.1. The summed E-state index contributed by atoms with van der Waals surface area (Å²) in [6, 6.07) is 6.04. The number of hydrogen-bond acceptors (Lipinski definition) is 4. The SMILES string of the molecule is O=C(C(=O)N1CCN(C(=O)c2occc2Br)CC1)c1c[nH]c2cccc(F)c12. The molecule has 0 spiro atoms. The van der Waals surface area contributed by atoms with Crippen LogP contribution in [0.1, 0.15) is 20.9 Å². The Labute approximate surface area is 167 Å². The number of Topliss-reactive ketones (excluding diaryl/α,β-unsaturated/α-hetero) is 1. The summed E-state index contributed by atoms with van der Waals surface area (Å²) in [6.45, 7) is 0.958. The van der Waals surface area contributed by atoms with Crippen molar-refractivity contribution < 1.29 is 23.2 Å². The molecular weight excluding hydrogens is 433 g/mol. The van der Waals surface area contributed by atoms with Gasteiger partial charge in [-0.2, -0.15) is 0 Å². The third kappa shape index (κ3) is 3.11. The molecule has 0 radical (unpaired) electrons. The Morgan fingerprint density at radius 1 is 1.07 bits per heavy atom. The molecule has 144 valence electrons. The molecule has 1 aliphatic heterocycles. The highest BCUT2D eigenvalue weighted by atomic mass is 79.9. The number of aromatic nitrogens is 1. The minimum atomic E-state index is -0.773. The van der Waals surface area contributed by atoms with Crippen molar-refractivity contribution in [1.82, 2.24) is 14.8 Å². The zero-order valence-corrected chi connectivity index (χ0v) is 16.2. The summed E-state index contributed by atoms with van der Waals surface area (Å²) in [5, 5.41) is 0.109. The number of piperazine rings is 1. The first kappa shape index (κ1) is 18.4. The number of carbonyl (C=O) groups is 3. The van der Waals surface area contributed by atoms with Gasteiger partial charge in [0.25, 0.3) is 17.6 Å². The Morgan fingerprint density at radius 3 is 2.46 bits per heavy atom. The molecule has 0 unspecified atom stereocenters. The summed E-state index contributed by atoms with van der Waals surface area (Å²) in [4.78, 5) is 43.5. The van der Waals surface area contributed by atoms with E-state index in [-0.39, 0.29) is 48.8 Å². The second-order valence-corrected chi connectivity index (χ2v) is 7.23. The molecule has 0 atom stereocenters. The van der Waals surface area contributed by atoms with Crippen LogP contribution in [0.3, 0.4) is 0 Å². The average Bonchev–Trinajstić information content (AvgIpc) is 3.33. The molecule has 2 amide bonds. The maximum atomic E-state index is 14.1. The molecule has 7 nitrogen and oxygen atoms in total. The summed E-state index contributed by atoms with van der Waals surface area (Å²) in [5.74, 6) is -2.13. The largest absolute Gasteiger partial charge is 0.458 e. The molecule has 3 heterocycles. The van der Waals surface area contributed by atoms with Gasteiger partial charge in [0, 0.05) is 43.3 Å². The van der Waals surface area contributed by atoms with E-state index in [0.29, 0.717) is 9.99 Å². The van der Waals surface area contributed by atoms with Gasteiger partial charge in [-0.1, -0.05) is 6.07 Å². The number of nitrogens with one attached hydrogen (secondary N) is 1. The lowest BCUT2D eigenvalue weighted by Gasteiger charge is -2.34. The maximum Gasteiger partial charge on any atom is 0.295 e. The molecule has 1 saturated heterocycles. The number of halogens is 2. The van der Waals surface area contributed by atoms with Gasteiger partial charge >= 0.3 is 0 Å². The van der Waals surface area contributed by atoms with Crippen LogP contribution in [-0.4, -0.2) is 58.6 Å². The zero-order chi connectivity index (χ0) is 19.8. The Bertz CT molecular complexity index is 1080. The van der Waals surface area contributed by atoms with Crippen LogP contribution in [0.25, 0.3) is 10.9 Å². The molecule has 0 saturated carbocycles.